The van der Waals surface area contributed by atoms with Crippen LogP contribution in [-0.2, 0) is 22.3 Å². The van der Waals surface area contributed by atoms with E-state index in [1.54, 1.807) is 19.4 Å². The van der Waals surface area contributed by atoms with E-state index in [0.717, 1.165) is 16.7 Å². The van der Waals surface area contributed by atoms with Crippen molar-refractivity contribution < 1.29 is 8.42 Å². The predicted octanol–water partition coefficient (Wildman–Crippen LogP) is 2.35. The first-order chi connectivity index (χ1) is 9.47. The molecule has 1 heterocycles. The zero-order chi connectivity index (χ0) is 14.6. The molecule has 0 aliphatic carbocycles. The number of rotatable bonds is 5. The van der Waals surface area contributed by atoms with Crippen LogP contribution in [-0.4, -0.2) is 24.8 Å². The molecule has 1 aromatic carbocycles. The average Bonchev–Trinajstić information content (AvgIpc) is 2.39. The molecule has 4 nitrogen and oxygen atoms in total. The van der Waals surface area contributed by atoms with Crippen LogP contribution in [0.5, 0.6) is 0 Å². The first-order valence-corrected chi connectivity index (χ1v) is 7.97. The van der Waals surface area contributed by atoms with Crippen LogP contribution in [0.4, 0.5) is 0 Å². The van der Waals surface area contributed by atoms with Crippen molar-refractivity contribution in [3.63, 3.8) is 0 Å². The lowest BCUT2D eigenvalue weighted by atomic mass is 10.2. The molecule has 0 spiro atoms. The maximum absolute atomic E-state index is 12.3. The van der Waals surface area contributed by atoms with Gasteiger partial charge in [-0.2, -0.15) is 0 Å². The van der Waals surface area contributed by atoms with Crippen LogP contribution in [0.1, 0.15) is 16.7 Å². The summed E-state index contributed by atoms with van der Waals surface area (Å²) < 4.78 is 26.0. The molecule has 0 radical (unpaired) electrons. The minimum absolute atomic E-state index is 0.0241. The molecule has 0 amide bonds. The van der Waals surface area contributed by atoms with Gasteiger partial charge in [-0.3, -0.25) is 4.98 Å². The smallest absolute Gasteiger partial charge is 0.218 e. The van der Waals surface area contributed by atoms with E-state index < -0.39 is 10.0 Å². The lowest BCUT2D eigenvalue weighted by Crippen LogP contribution is -2.27. The molecule has 1 aromatic heterocycles. The third kappa shape index (κ3) is 3.88. The average molecular weight is 290 g/mol. The molecule has 0 saturated carbocycles. The topological polar surface area (TPSA) is 50.3 Å². The lowest BCUT2D eigenvalue weighted by Gasteiger charge is -2.17. The van der Waals surface area contributed by atoms with Crippen molar-refractivity contribution in [2.75, 3.05) is 7.05 Å². The van der Waals surface area contributed by atoms with Crippen LogP contribution in [0.25, 0.3) is 0 Å². The van der Waals surface area contributed by atoms with E-state index in [9.17, 15) is 8.42 Å². The number of pyridine rings is 1. The second kappa shape index (κ2) is 6.15. The highest BCUT2D eigenvalue weighted by Crippen LogP contribution is 2.13. The Bertz CT molecular complexity index is 669. The van der Waals surface area contributed by atoms with Crippen LogP contribution in [0.2, 0.25) is 0 Å². The van der Waals surface area contributed by atoms with Crippen LogP contribution in [0.3, 0.4) is 0 Å². The SMILES string of the molecule is Cc1cccc(CS(=O)(=O)N(C)Cc2ccncc2)c1. The summed E-state index contributed by atoms with van der Waals surface area (Å²) in [6.07, 6.45) is 3.33. The number of aromatic nitrogens is 1. The van der Waals surface area contributed by atoms with Crippen LogP contribution < -0.4 is 0 Å². The van der Waals surface area contributed by atoms with E-state index in [1.807, 2.05) is 43.3 Å². The third-order valence-corrected chi connectivity index (χ3v) is 4.84. The van der Waals surface area contributed by atoms with Crippen LogP contribution in [0, 0.1) is 6.92 Å². The summed E-state index contributed by atoms with van der Waals surface area (Å²) in [5, 5.41) is 0. The van der Waals surface area contributed by atoms with Gasteiger partial charge >= 0.3 is 0 Å². The standard InChI is InChI=1S/C15H18N2O2S/c1-13-4-3-5-15(10-13)12-20(18,19)17(2)11-14-6-8-16-9-7-14/h3-10H,11-12H2,1-2H3. The van der Waals surface area contributed by atoms with E-state index >= 15 is 0 Å². The molecular formula is C15H18N2O2S. The molecule has 0 bridgehead atoms. The minimum Gasteiger partial charge on any atom is -0.265 e. The van der Waals surface area contributed by atoms with Crippen LogP contribution in [0.15, 0.2) is 48.8 Å². The molecule has 2 rings (SSSR count). The summed E-state index contributed by atoms with van der Waals surface area (Å²) in [5.74, 6) is 0.0241. The van der Waals surface area contributed by atoms with Crippen molar-refractivity contribution in [3.8, 4) is 0 Å². The fourth-order valence-corrected chi connectivity index (χ4v) is 3.13. The number of nitrogens with zero attached hydrogens (tertiary/aromatic N) is 2. The Kier molecular flexibility index (Phi) is 4.52. The van der Waals surface area contributed by atoms with Crippen molar-refractivity contribution in [1.82, 2.24) is 9.29 Å². The molecule has 0 saturated heterocycles. The van der Waals surface area contributed by atoms with Gasteiger partial charge in [0.25, 0.3) is 0 Å². The summed E-state index contributed by atoms with van der Waals surface area (Å²) in [5.41, 5.74) is 2.80. The Morgan fingerprint density at radius 2 is 1.80 bits per heavy atom. The summed E-state index contributed by atoms with van der Waals surface area (Å²) in [4.78, 5) is 3.92. The Balaban J connectivity index is 2.10. The zero-order valence-corrected chi connectivity index (χ0v) is 12.5. The Labute approximate surface area is 120 Å². The minimum atomic E-state index is -3.32. The van der Waals surface area contributed by atoms with Gasteiger partial charge < -0.3 is 0 Å². The first kappa shape index (κ1) is 14.7. The molecule has 0 atom stereocenters. The highest BCUT2D eigenvalue weighted by molar-refractivity contribution is 7.88. The maximum Gasteiger partial charge on any atom is 0.218 e. The quantitative estimate of drug-likeness (QED) is 0.849. The van der Waals surface area contributed by atoms with Gasteiger partial charge in [-0.1, -0.05) is 29.8 Å². The summed E-state index contributed by atoms with van der Waals surface area (Å²) >= 11 is 0. The predicted molar refractivity (Wildman–Crippen MR) is 79.5 cm³/mol. The highest BCUT2D eigenvalue weighted by Gasteiger charge is 2.18. The van der Waals surface area contributed by atoms with E-state index in [0.29, 0.717) is 6.54 Å². The van der Waals surface area contributed by atoms with Crippen molar-refractivity contribution >= 4 is 10.0 Å². The molecule has 0 fully saturated rings. The van der Waals surface area contributed by atoms with Gasteiger partial charge in [-0.05, 0) is 30.2 Å². The summed E-state index contributed by atoms with van der Waals surface area (Å²) in [7, 11) is -1.71. The Morgan fingerprint density at radius 1 is 1.10 bits per heavy atom. The zero-order valence-electron chi connectivity index (χ0n) is 11.7. The summed E-state index contributed by atoms with van der Waals surface area (Å²) in [6, 6.07) is 11.2. The van der Waals surface area contributed by atoms with Gasteiger partial charge in [0, 0.05) is 26.0 Å². The van der Waals surface area contributed by atoms with Gasteiger partial charge in [0.2, 0.25) is 10.0 Å². The van der Waals surface area contributed by atoms with Gasteiger partial charge in [0.1, 0.15) is 0 Å². The van der Waals surface area contributed by atoms with Crippen molar-refractivity contribution in [2.24, 2.45) is 0 Å². The van der Waals surface area contributed by atoms with E-state index in [4.69, 9.17) is 0 Å². The van der Waals surface area contributed by atoms with E-state index in [1.165, 1.54) is 4.31 Å². The molecule has 0 N–H and O–H groups in total. The Morgan fingerprint density at radius 3 is 2.45 bits per heavy atom. The highest BCUT2D eigenvalue weighted by atomic mass is 32.2. The first-order valence-electron chi connectivity index (χ1n) is 6.36. The lowest BCUT2D eigenvalue weighted by molar-refractivity contribution is 0.465. The molecule has 2 aromatic rings. The van der Waals surface area contributed by atoms with Gasteiger partial charge in [0.05, 0.1) is 5.75 Å². The van der Waals surface area contributed by atoms with Gasteiger partial charge in [-0.15, -0.1) is 0 Å². The third-order valence-electron chi connectivity index (χ3n) is 3.06. The molecule has 0 unspecified atom stereocenters. The number of sulfonamides is 1. The van der Waals surface area contributed by atoms with Gasteiger partial charge in [0.15, 0.2) is 0 Å². The molecule has 0 aliphatic rings. The number of aryl methyl sites for hydroxylation is 1. The number of hydrogen-bond acceptors (Lipinski definition) is 3. The molecule has 20 heavy (non-hydrogen) atoms. The summed E-state index contributed by atoms with van der Waals surface area (Å²) in [6.45, 7) is 2.31. The normalized spacial score (nSPS) is 11.8. The second-order valence-electron chi connectivity index (χ2n) is 4.86. The fraction of sp³-hybridized carbons (Fsp3) is 0.267. The number of hydrogen-bond donors (Lipinski definition) is 0. The molecule has 5 heteroatoms. The number of benzene rings is 1. The molecule has 0 aliphatic heterocycles. The van der Waals surface area contributed by atoms with Gasteiger partial charge in [-0.25, -0.2) is 12.7 Å². The van der Waals surface area contributed by atoms with Crippen molar-refractivity contribution in [2.45, 2.75) is 19.2 Å². The molecular weight excluding hydrogens is 272 g/mol. The van der Waals surface area contributed by atoms with E-state index in [2.05, 4.69) is 4.98 Å². The second-order valence-corrected chi connectivity index (χ2v) is 6.93. The van der Waals surface area contributed by atoms with Crippen molar-refractivity contribution in [3.05, 3.63) is 65.5 Å². The van der Waals surface area contributed by atoms with Crippen molar-refractivity contribution in [1.29, 1.82) is 0 Å². The fourth-order valence-electron chi connectivity index (χ4n) is 1.97. The largest absolute Gasteiger partial charge is 0.265 e. The van der Waals surface area contributed by atoms with E-state index in [-0.39, 0.29) is 5.75 Å². The maximum atomic E-state index is 12.3. The molecule has 106 valence electrons. The monoisotopic (exact) mass is 290 g/mol. The van der Waals surface area contributed by atoms with Crippen LogP contribution >= 0.6 is 0 Å². The Hall–Kier alpha value is -1.72.